The van der Waals surface area contributed by atoms with Gasteiger partial charge in [0.15, 0.2) is 0 Å². The van der Waals surface area contributed by atoms with Gasteiger partial charge in [0.05, 0.1) is 5.75 Å². The van der Waals surface area contributed by atoms with Crippen LogP contribution in [-0.2, 0) is 16.4 Å². The molecular weight excluding hydrogens is 296 g/mol. The Kier molecular flexibility index (Phi) is 9.05. The number of nitrogens with one attached hydrogen (secondary N) is 1. The first-order valence-electron chi connectivity index (χ1n) is 6.67. The molecular formula is C14H25ClN2O2S. The van der Waals surface area contributed by atoms with E-state index in [0.717, 1.165) is 12.0 Å². The van der Waals surface area contributed by atoms with Crippen molar-refractivity contribution in [1.29, 1.82) is 0 Å². The smallest absolute Gasteiger partial charge is 0.212 e. The molecule has 20 heavy (non-hydrogen) atoms. The fraction of sp³-hybridized carbons (Fsp3) is 0.571. The Balaban J connectivity index is 0.00000361. The molecule has 1 aromatic carbocycles. The van der Waals surface area contributed by atoms with Crippen LogP contribution >= 0.6 is 12.4 Å². The Bertz CT molecular complexity index is 463. The van der Waals surface area contributed by atoms with Crippen molar-refractivity contribution in [1.82, 2.24) is 4.72 Å². The van der Waals surface area contributed by atoms with E-state index in [1.807, 2.05) is 30.3 Å². The molecule has 0 saturated carbocycles. The molecule has 0 aliphatic carbocycles. The molecule has 0 bridgehead atoms. The van der Waals surface area contributed by atoms with Crippen LogP contribution in [0.3, 0.4) is 0 Å². The van der Waals surface area contributed by atoms with Crippen molar-refractivity contribution in [3.63, 3.8) is 0 Å². The van der Waals surface area contributed by atoms with Crippen molar-refractivity contribution in [3.05, 3.63) is 35.9 Å². The van der Waals surface area contributed by atoms with E-state index in [0.29, 0.717) is 18.9 Å². The molecule has 0 saturated heterocycles. The van der Waals surface area contributed by atoms with Crippen LogP contribution in [0.1, 0.15) is 25.8 Å². The van der Waals surface area contributed by atoms with Crippen LogP contribution in [0, 0.1) is 5.92 Å². The molecule has 0 amide bonds. The van der Waals surface area contributed by atoms with Crippen LogP contribution in [0.5, 0.6) is 0 Å². The lowest BCUT2D eigenvalue weighted by Gasteiger charge is -2.18. The van der Waals surface area contributed by atoms with Gasteiger partial charge in [-0.15, -0.1) is 12.4 Å². The Morgan fingerprint density at radius 1 is 1.20 bits per heavy atom. The molecule has 1 unspecified atom stereocenters. The Labute approximate surface area is 128 Å². The van der Waals surface area contributed by atoms with Gasteiger partial charge in [-0.05, 0) is 24.3 Å². The first-order chi connectivity index (χ1) is 8.93. The van der Waals surface area contributed by atoms with Crippen molar-refractivity contribution in [2.75, 3.05) is 12.3 Å². The lowest BCUT2D eigenvalue weighted by Crippen LogP contribution is -2.42. The zero-order valence-electron chi connectivity index (χ0n) is 12.1. The van der Waals surface area contributed by atoms with Crippen molar-refractivity contribution in [2.24, 2.45) is 11.7 Å². The van der Waals surface area contributed by atoms with Gasteiger partial charge in [-0.3, -0.25) is 0 Å². The first kappa shape index (κ1) is 19.4. The number of hydrogen-bond acceptors (Lipinski definition) is 3. The monoisotopic (exact) mass is 320 g/mol. The van der Waals surface area contributed by atoms with Crippen LogP contribution in [-0.4, -0.2) is 26.8 Å². The fourth-order valence-electron chi connectivity index (χ4n) is 1.97. The fourth-order valence-corrected chi connectivity index (χ4v) is 3.29. The summed E-state index contributed by atoms with van der Waals surface area (Å²) in [5, 5.41) is 0. The predicted octanol–water partition coefficient (Wildman–Crippen LogP) is 1.94. The van der Waals surface area contributed by atoms with E-state index < -0.39 is 10.0 Å². The highest BCUT2D eigenvalue weighted by Gasteiger charge is 2.17. The van der Waals surface area contributed by atoms with E-state index >= 15 is 0 Å². The molecule has 0 spiro atoms. The van der Waals surface area contributed by atoms with Crippen molar-refractivity contribution >= 4 is 22.4 Å². The third kappa shape index (κ3) is 7.85. The summed E-state index contributed by atoms with van der Waals surface area (Å²) in [4.78, 5) is 0. The molecule has 116 valence electrons. The van der Waals surface area contributed by atoms with Gasteiger partial charge in [-0.25, -0.2) is 13.1 Å². The van der Waals surface area contributed by atoms with Gasteiger partial charge in [0.1, 0.15) is 0 Å². The summed E-state index contributed by atoms with van der Waals surface area (Å²) in [5.41, 5.74) is 6.64. The van der Waals surface area contributed by atoms with Crippen molar-refractivity contribution < 1.29 is 8.42 Å². The largest absolute Gasteiger partial charge is 0.329 e. The minimum absolute atomic E-state index is 0. The van der Waals surface area contributed by atoms with Gasteiger partial charge in [-0.1, -0.05) is 44.2 Å². The summed E-state index contributed by atoms with van der Waals surface area (Å²) in [6.07, 6.45) is 1.29. The lowest BCUT2D eigenvalue weighted by molar-refractivity contribution is 0.465. The summed E-state index contributed by atoms with van der Waals surface area (Å²) in [5.74, 6) is 0.524. The summed E-state index contributed by atoms with van der Waals surface area (Å²) in [7, 11) is -3.27. The summed E-state index contributed by atoms with van der Waals surface area (Å²) >= 11 is 0. The molecule has 0 aliphatic rings. The minimum Gasteiger partial charge on any atom is -0.329 e. The van der Waals surface area contributed by atoms with Crippen LogP contribution in [0.4, 0.5) is 0 Å². The molecule has 0 radical (unpaired) electrons. The van der Waals surface area contributed by atoms with Crippen molar-refractivity contribution in [3.8, 4) is 0 Å². The summed E-state index contributed by atoms with van der Waals surface area (Å²) in [6, 6.07) is 9.45. The third-order valence-corrected chi connectivity index (χ3v) is 4.32. The highest BCUT2D eigenvalue weighted by molar-refractivity contribution is 7.89. The van der Waals surface area contributed by atoms with Gasteiger partial charge in [0.2, 0.25) is 10.0 Å². The van der Waals surface area contributed by atoms with Gasteiger partial charge in [0.25, 0.3) is 0 Å². The van der Waals surface area contributed by atoms with E-state index in [-0.39, 0.29) is 24.2 Å². The SMILES string of the molecule is CC(C)CC(CN)NS(=O)(=O)CCc1ccccc1.Cl. The van der Waals surface area contributed by atoms with E-state index in [9.17, 15) is 8.42 Å². The molecule has 0 aromatic heterocycles. The standard InChI is InChI=1S/C14H24N2O2S.ClH/c1-12(2)10-14(11-15)16-19(17,18)9-8-13-6-4-3-5-7-13;/h3-7,12,14,16H,8-11,15H2,1-2H3;1H. The van der Waals surface area contributed by atoms with Crippen molar-refractivity contribution in [2.45, 2.75) is 32.7 Å². The van der Waals surface area contributed by atoms with E-state index in [2.05, 4.69) is 18.6 Å². The first-order valence-corrected chi connectivity index (χ1v) is 8.32. The molecule has 6 heteroatoms. The van der Waals surface area contributed by atoms with Gasteiger partial charge >= 0.3 is 0 Å². The van der Waals surface area contributed by atoms with Crippen LogP contribution < -0.4 is 10.5 Å². The van der Waals surface area contributed by atoms with E-state index in [4.69, 9.17) is 5.73 Å². The number of halogens is 1. The quantitative estimate of drug-likeness (QED) is 0.769. The number of sulfonamides is 1. The zero-order valence-corrected chi connectivity index (χ0v) is 13.7. The number of benzene rings is 1. The second kappa shape index (κ2) is 9.34. The maximum atomic E-state index is 12.0. The van der Waals surface area contributed by atoms with Gasteiger partial charge < -0.3 is 5.73 Å². The molecule has 1 atom stereocenters. The number of rotatable bonds is 8. The molecule has 4 nitrogen and oxygen atoms in total. The summed E-state index contributed by atoms with van der Waals surface area (Å²) < 4.78 is 26.7. The maximum Gasteiger partial charge on any atom is 0.212 e. The summed E-state index contributed by atoms with van der Waals surface area (Å²) in [6.45, 7) is 4.45. The Morgan fingerprint density at radius 2 is 1.80 bits per heavy atom. The predicted molar refractivity (Wildman–Crippen MR) is 86.6 cm³/mol. The van der Waals surface area contributed by atoms with Crippen LogP contribution in [0.25, 0.3) is 0 Å². The lowest BCUT2D eigenvalue weighted by atomic mass is 10.1. The van der Waals surface area contributed by atoms with E-state index in [1.165, 1.54) is 0 Å². The van der Waals surface area contributed by atoms with Crippen LogP contribution in [0.2, 0.25) is 0 Å². The molecule has 0 fully saturated rings. The normalized spacial score (nSPS) is 13.0. The molecule has 3 N–H and O–H groups in total. The highest BCUT2D eigenvalue weighted by Crippen LogP contribution is 2.06. The maximum absolute atomic E-state index is 12.0. The molecule has 1 aromatic rings. The second-order valence-electron chi connectivity index (χ2n) is 5.23. The second-order valence-corrected chi connectivity index (χ2v) is 7.11. The highest BCUT2D eigenvalue weighted by atomic mass is 35.5. The Hall–Kier alpha value is -0.620. The Morgan fingerprint density at radius 3 is 2.30 bits per heavy atom. The van der Waals surface area contributed by atoms with Gasteiger partial charge in [-0.2, -0.15) is 0 Å². The average molecular weight is 321 g/mol. The number of nitrogens with two attached hydrogens (primary N) is 1. The molecule has 0 aliphatic heterocycles. The number of hydrogen-bond donors (Lipinski definition) is 2. The minimum atomic E-state index is -3.27. The van der Waals surface area contributed by atoms with Gasteiger partial charge in [0, 0.05) is 12.6 Å². The number of aryl methyl sites for hydroxylation is 1. The molecule has 1 rings (SSSR count). The zero-order chi connectivity index (χ0) is 14.3. The van der Waals surface area contributed by atoms with Crippen LogP contribution in [0.15, 0.2) is 30.3 Å². The third-order valence-electron chi connectivity index (χ3n) is 2.89. The topological polar surface area (TPSA) is 72.2 Å². The van der Waals surface area contributed by atoms with E-state index in [1.54, 1.807) is 0 Å². The average Bonchev–Trinajstić information content (AvgIpc) is 2.36. The molecule has 0 heterocycles.